The summed E-state index contributed by atoms with van der Waals surface area (Å²) in [5.74, 6) is -1.10. The van der Waals surface area contributed by atoms with Gasteiger partial charge in [-0.3, -0.25) is 4.79 Å². The molecule has 0 aliphatic heterocycles. The third-order valence-electron chi connectivity index (χ3n) is 3.54. The minimum absolute atomic E-state index is 0.161. The van der Waals surface area contributed by atoms with E-state index in [1.165, 1.54) is 13.1 Å². The van der Waals surface area contributed by atoms with Crippen LogP contribution >= 0.6 is 11.6 Å². The van der Waals surface area contributed by atoms with Gasteiger partial charge in [-0.25, -0.2) is 14.5 Å². The maximum absolute atomic E-state index is 12.2. The molecular weight excluding hydrogens is 356 g/mol. The van der Waals surface area contributed by atoms with E-state index in [-0.39, 0.29) is 5.15 Å². The molecule has 1 amide bonds. The number of halogens is 1. The Morgan fingerprint density at radius 3 is 2.58 bits per heavy atom. The lowest BCUT2D eigenvalue weighted by Crippen LogP contribution is -2.30. The van der Waals surface area contributed by atoms with Gasteiger partial charge in [0.25, 0.3) is 5.91 Å². The van der Waals surface area contributed by atoms with Crippen molar-refractivity contribution in [1.29, 1.82) is 0 Å². The zero-order chi connectivity index (χ0) is 18.5. The number of carbonyl (C=O) groups is 2. The topological polar surface area (TPSA) is 86.1 Å². The molecule has 3 aromatic rings. The van der Waals surface area contributed by atoms with Gasteiger partial charge in [0.1, 0.15) is 0 Å². The molecule has 0 aliphatic carbocycles. The molecule has 3 rings (SSSR count). The second kappa shape index (κ2) is 7.79. The van der Waals surface area contributed by atoms with Crippen LogP contribution in [-0.4, -0.2) is 32.7 Å². The van der Waals surface area contributed by atoms with Crippen LogP contribution in [0.2, 0.25) is 5.15 Å². The summed E-state index contributed by atoms with van der Waals surface area (Å²) in [5, 5.41) is 6.84. The van der Waals surface area contributed by atoms with Crippen LogP contribution in [0.15, 0.2) is 61.1 Å². The van der Waals surface area contributed by atoms with E-state index in [9.17, 15) is 9.59 Å². The number of rotatable bonds is 5. The SMILES string of the molecule is C[C@H](OC(=O)c1ccc(-n2cccn2)cc1)C(=O)Nc1cccnc1Cl. The van der Waals surface area contributed by atoms with Crippen molar-refractivity contribution in [3.8, 4) is 5.69 Å². The predicted octanol–water partition coefficient (Wildman–Crippen LogP) is 3.10. The van der Waals surface area contributed by atoms with Gasteiger partial charge in [-0.15, -0.1) is 0 Å². The molecule has 132 valence electrons. The molecule has 0 fully saturated rings. The highest BCUT2D eigenvalue weighted by atomic mass is 35.5. The van der Waals surface area contributed by atoms with Crippen LogP contribution in [0.4, 0.5) is 5.69 Å². The van der Waals surface area contributed by atoms with Crippen molar-refractivity contribution >= 4 is 29.2 Å². The van der Waals surface area contributed by atoms with Gasteiger partial charge in [0, 0.05) is 18.6 Å². The van der Waals surface area contributed by atoms with Gasteiger partial charge in [0.05, 0.1) is 16.9 Å². The second-order valence-corrected chi connectivity index (χ2v) is 5.73. The monoisotopic (exact) mass is 370 g/mol. The molecule has 0 unspecified atom stereocenters. The van der Waals surface area contributed by atoms with Crippen LogP contribution in [-0.2, 0) is 9.53 Å². The fraction of sp³-hybridized carbons (Fsp3) is 0.111. The first-order valence-corrected chi connectivity index (χ1v) is 8.15. The van der Waals surface area contributed by atoms with Gasteiger partial charge in [-0.2, -0.15) is 5.10 Å². The largest absolute Gasteiger partial charge is 0.449 e. The second-order valence-electron chi connectivity index (χ2n) is 5.38. The highest BCUT2D eigenvalue weighted by Gasteiger charge is 2.20. The first kappa shape index (κ1) is 17.6. The van der Waals surface area contributed by atoms with Crippen molar-refractivity contribution in [3.63, 3.8) is 0 Å². The standard InChI is InChI=1S/C18H15ClN4O3/c1-12(17(24)22-15-4-2-9-20-16(15)19)26-18(25)13-5-7-14(8-6-13)23-11-3-10-21-23/h2-12H,1H3,(H,22,24)/t12-/m0/s1. The van der Waals surface area contributed by atoms with E-state index >= 15 is 0 Å². The van der Waals surface area contributed by atoms with Gasteiger partial charge >= 0.3 is 5.97 Å². The van der Waals surface area contributed by atoms with Crippen molar-refractivity contribution in [2.45, 2.75) is 13.0 Å². The lowest BCUT2D eigenvalue weighted by Gasteiger charge is -2.14. The first-order chi connectivity index (χ1) is 12.5. The molecule has 0 radical (unpaired) electrons. The maximum Gasteiger partial charge on any atom is 0.338 e. The molecule has 0 bridgehead atoms. The van der Waals surface area contributed by atoms with Crippen molar-refractivity contribution in [2.24, 2.45) is 0 Å². The summed E-state index contributed by atoms with van der Waals surface area (Å²) in [6, 6.07) is 11.8. The summed E-state index contributed by atoms with van der Waals surface area (Å²) >= 11 is 5.89. The van der Waals surface area contributed by atoms with E-state index in [0.717, 1.165) is 5.69 Å². The van der Waals surface area contributed by atoms with E-state index < -0.39 is 18.0 Å². The third kappa shape index (κ3) is 4.07. The Morgan fingerprint density at radius 2 is 1.92 bits per heavy atom. The number of esters is 1. The molecule has 1 aromatic carbocycles. The van der Waals surface area contributed by atoms with Crippen LogP contribution in [0.5, 0.6) is 0 Å². The number of hydrogen-bond donors (Lipinski definition) is 1. The van der Waals surface area contributed by atoms with Crippen molar-refractivity contribution in [2.75, 3.05) is 5.32 Å². The Kier molecular flexibility index (Phi) is 5.28. The molecule has 7 nitrogen and oxygen atoms in total. The summed E-state index contributed by atoms with van der Waals surface area (Å²) in [6.45, 7) is 1.48. The van der Waals surface area contributed by atoms with E-state index in [1.54, 1.807) is 59.5 Å². The van der Waals surface area contributed by atoms with Crippen LogP contribution in [0, 0.1) is 0 Å². The van der Waals surface area contributed by atoms with E-state index in [4.69, 9.17) is 16.3 Å². The predicted molar refractivity (Wildman–Crippen MR) is 96.3 cm³/mol. The van der Waals surface area contributed by atoms with Gasteiger partial charge in [-0.05, 0) is 49.4 Å². The smallest absolute Gasteiger partial charge is 0.338 e. The van der Waals surface area contributed by atoms with Crippen LogP contribution in [0.3, 0.4) is 0 Å². The quantitative estimate of drug-likeness (QED) is 0.551. The summed E-state index contributed by atoms with van der Waals surface area (Å²) in [7, 11) is 0. The van der Waals surface area contributed by atoms with Crippen molar-refractivity contribution < 1.29 is 14.3 Å². The van der Waals surface area contributed by atoms with Gasteiger partial charge in [0.2, 0.25) is 0 Å². The van der Waals surface area contributed by atoms with E-state index in [2.05, 4.69) is 15.4 Å². The first-order valence-electron chi connectivity index (χ1n) is 7.77. The normalized spacial score (nSPS) is 11.6. The van der Waals surface area contributed by atoms with Gasteiger partial charge in [-0.1, -0.05) is 11.6 Å². The van der Waals surface area contributed by atoms with Crippen LogP contribution < -0.4 is 5.32 Å². The van der Waals surface area contributed by atoms with Gasteiger partial charge < -0.3 is 10.1 Å². The highest BCUT2D eigenvalue weighted by Crippen LogP contribution is 2.18. The summed E-state index contributed by atoms with van der Waals surface area (Å²) in [4.78, 5) is 28.2. The van der Waals surface area contributed by atoms with Crippen LogP contribution in [0.1, 0.15) is 17.3 Å². The molecule has 0 saturated carbocycles. The van der Waals surface area contributed by atoms with Gasteiger partial charge in [0.15, 0.2) is 11.3 Å². The lowest BCUT2D eigenvalue weighted by molar-refractivity contribution is -0.123. The Labute approximate surface area is 154 Å². The molecule has 0 spiro atoms. The summed E-state index contributed by atoms with van der Waals surface area (Å²) in [5.41, 5.74) is 1.49. The number of benzene rings is 1. The molecule has 26 heavy (non-hydrogen) atoms. The van der Waals surface area contributed by atoms with Crippen molar-refractivity contribution in [1.82, 2.24) is 14.8 Å². The van der Waals surface area contributed by atoms with Crippen LogP contribution in [0.25, 0.3) is 5.69 Å². The number of hydrogen-bond acceptors (Lipinski definition) is 5. The molecule has 2 heterocycles. The van der Waals surface area contributed by atoms with E-state index in [1.807, 2.05) is 0 Å². The molecule has 0 aliphatic rings. The number of ether oxygens (including phenoxy) is 1. The lowest BCUT2D eigenvalue weighted by atomic mass is 10.2. The minimum Gasteiger partial charge on any atom is -0.449 e. The Balaban J connectivity index is 1.61. The number of anilines is 1. The fourth-order valence-corrected chi connectivity index (χ4v) is 2.33. The van der Waals surface area contributed by atoms with E-state index in [0.29, 0.717) is 11.3 Å². The Hall–Kier alpha value is -3.19. The number of amides is 1. The Bertz CT molecular complexity index is 910. The molecule has 0 saturated heterocycles. The zero-order valence-electron chi connectivity index (χ0n) is 13.8. The maximum atomic E-state index is 12.2. The zero-order valence-corrected chi connectivity index (χ0v) is 14.6. The minimum atomic E-state index is -0.996. The average Bonchev–Trinajstić information content (AvgIpc) is 3.18. The highest BCUT2D eigenvalue weighted by molar-refractivity contribution is 6.32. The molecule has 8 heteroatoms. The summed E-state index contributed by atoms with van der Waals surface area (Å²) in [6.07, 6.45) is 3.97. The average molecular weight is 371 g/mol. The Morgan fingerprint density at radius 1 is 1.15 bits per heavy atom. The number of nitrogens with one attached hydrogen (secondary N) is 1. The molecule has 1 atom stereocenters. The molecule has 1 N–H and O–H groups in total. The molecular formula is C18H15ClN4O3. The molecule has 2 aromatic heterocycles. The number of nitrogens with zero attached hydrogens (tertiary/aromatic N) is 3. The summed E-state index contributed by atoms with van der Waals surface area (Å²) < 4.78 is 6.87. The number of aromatic nitrogens is 3. The number of pyridine rings is 1. The number of carbonyl (C=O) groups excluding carboxylic acids is 2. The third-order valence-corrected chi connectivity index (χ3v) is 3.84. The fourth-order valence-electron chi connectivity index (χ4n) is 2.17. The van der Waals surface area contributed by atoms with Crippen molar-refractivity contribution in [3.05, 3.63) is 71.8 Å².